The number of aromatic nitrogens is 1. The Morgan fingerprint density at radius 2 is 1.35 bits per heavy atom. The van der Waals surface area contributed by atoms with Crippen molar-refractivity contribution in [1.82, 2.24) is 4.98 Å². The molecule has 6 rings (SSSR count). The van der Waals surface area contributed by atoms with Crippen LogP contribution in [0.3, 0.4) is 0 Å². The number of benzene rings is 5. The van der Waals surface area contributed by atoms with E-state index in [1.165, 1.54) is 38.1 Å². The highest BCUT2D eigenvalue weighted by atomic mass is 16.5. The molecule has 6 aromatic rings. The maximum absolute atomic E-state index is 5.78. The highest BCUT2D eigenvalue weighted by Crippen LogP contribution is 2.41. The van der Waals surface area contributed by atoms with Crippen LogP contribution in [-0.2, 0) is 0 Å². The molecule has 0 saturated heterocycles. The molecule has 0 atom stereocenters. The quantitative estimate of drug-likeness (QED) is 0.322. The highest BCUT2D eigenvalue weighted by molar-refractivity contribution is 6.09. The minimum atomic E-state index is 0.884. The fraction of sp³-hybridized carbons (Fsp3) is 0.0345. The summed E-state index contributed by atoms with van der Waals surface area (Å²) >= 11 is 0. The molecule has 0 spiro atoms. The fourth-order valence-corrected chi connectivity index (χ4v) is 4.67. The summed E-state index contributed by atoms with van der Waals surface area (Å²) in [6, 6.07) is 34.4. The number of aromatic amines is 1. The predicted molar refractivity (Wildman–Crippen MR) is 131 cm³/mol. The van der Waals surface area contributed by atoms with Gasteiger partial charge in [-0.25, -0.2) is 0 Å². The van der Waals surface area contributed by atoms with Gasteiger partial charge in [-0.1, -0.05) is 78.9 Å². The van der Waals surface area contributed by atoms with Crippen molar-refractivity contribution in [3.8, 4) is 28.0 Å². The number of rotatable bonds is 3. The largest absolute Gasteiger partial charge is 0.496 e. The van der Waals surface area contributed by atoms with Crippen molar-refractivity contribution in [2.45, 2.75) is 0 Å². The second-order valence-corrected chi connectivity index (χ2v) is 7.85. The molecule has 2 nitrogen and oxygen atoms in total. The average Bonchev–Trinajstić information content (AvgIpc) is 3.25. The Hall–Kier alpha value is -4.04. The van der Waals surface area contributed by atoms with E-state index in [1.54, 1.807) is 7.11 Å². The van der Waals surface area contributed by atoms with Crippen molar-refractivity contribution in [2.24, 2.45) is 0 Å². The van der Waals surface area contributed by atoms with Gasteiger partial charge in [0.1, 0.15) is 5.75 Å². The summed E-state index contributed by atoms with van der Waals surface area (Å²) in [6.07, 6.45) is 2.10. The van der Waals surface area contributed by atoms with Crippen molar-refractivity contribution < 1.29 is 4.74 Å². The zero-order chi connectivity index (χ0) is 20.8. The molecule has 1 aromatic heterocycles. The molecule has 2 heteroatoms. The molecule has 0 amide bonds. The maximum atomic E-state index is 5.78. The van der Waals surface area contributed by atoms with E-state index < -0.39 is 0 Å². The Balaban J connectivity index is 1.63. The molecular weight excluding hydrogens is 378 g/mol. The maximum Gasteiger partial charge on any atom is 0.127 e. The van der Waals surface area contributed by atoms with E-state index in [1.807, 2.05) is 0 Å². The summed E-state index contributed by atoms with van der Waals surface area (Å²) in [5, 5.41) is 6.12. The molecular formula is C29H21NO. The molecule has 0 unspecified atom stereocenters. The van der Waals surface area contributed by atoms with Gasteiger partial charge in [0.25, 0.3) is 0 Å². The van der Waals surface area contributed by atoms with E-state index in [-0.39, 0.29) is 0 Å². The summed E-state index contributed by atoms with van der Waals surface area (Å²) < 4.78 is 5.78. The Morgan fingerprint density at radius 1 is 0.613 bits per heavy atom. The summed E-state index contributed by atoms with van der Waals surface area (Å²) in [7, 11) is 1.74. The molecule has 5 aromatic carbocycles. The first kappa shape index (κ1) is 17.8. The van der Waals surface area contributed by atoms with E-state index in [2.05, 4.69) is 108 Å². The molecule has 0 aliphatic carbocycles. The third kappa shape index (κ3) is 2.80. The normalized spacial score (nSPS) is 11.4. The van der Waals surface area contributed by atoms with Crippen LogP contribution in [0.2, 0.25) is 0 Å². The number of fused-ring (bicyclic) bond motifs is 3. The van der Waals surface area contributed by atoms with Gasteiger partial charge in [0.05, 0.1) is 7.11 Å². The van der Waals surface area contributed by atoms with Crippen molar-refractivity contribution >= 4 is 32.4 Å². The van der Waals surface area contributed by atoms with E-state index >= 15 is 0 Å². The lowest BCUT2D eigenvalue weighted by Crippen LogP contribution is -1.89. The molecule has 1 N–H and O–H groups in total. The van der Waals surface area contributed by atoms with Crippen LogP contribution >= 0.6 is 0 Å². The van der Waals surface area contributed by atoms with Gasteiger partial charge >= 0.3 is 0 Å². The Labute approximate surface area is 180 Å². The molecule has 31 heavy (non-hydrogen) atoms. The molecule has 0 fully saturated rings. The summed E-state index contributed by atoms with van der Waals surface area (Å²) in [5.74, 6) is 0.884. The summed E-state index contributed by atoms with van der Waals surface area (Å²) in [6.45, 7) is 0. The number of methoxy groups -OCH3 is 1. The smallest absolute Gasteiger partial charge is 0.127 e. The van der Waals surface area contributed by atoms with Crippen LogP contribution in [0.25, 0.3) is 54.7 Å². The van der Waals surface area contributed by atoms with Crippen LogP contribution in [-0.4, -0.2) is 12.1 Å². The average molecular weight is 399 g/mol. The molecule has 148 valence electrons. The second kappa shape index (κ2) is 7.03. The van der Waals surface area contributed by atoms with Crippen molar-refractivity contribution in [2.75, 3.05) is 7.11 Å². The number of ether oxygens (including phenoxy) is 1. The third-order valence-corrected chi connectivity index (χ3v) is 6.16. The van der Waals surface area contributed by atoms with Crippen LogP contribution in [0, 0.1) is 0 Å². The predicted octanol–water partition coefficient (Wildman–Crippen LogP) is 7.82. The first-order valence-corrected chi connectivity index (χ1v) is 10.5. The SMILES string of the molecule is COc1ccc2ccccc2c1-c1c[nH]c2ccc(-c3cccc4ccccc34)cc12. The van der Waals surface area contributed by atoms with Crippen LogP contribution in [0.1, 0.15) is 0 Å². The standard InChI is InChI=1S/C29H21NO/c1-31-28-16-14-20-8-3-5-11-24(20)29(28)26-18-30-27-15-13-21(17-25(26)27)23-12-6-9-19-7-2-4-10-22(19)23/h2-18,30H,1H3. The van der Waals surface area contributed by atoms with Crippen LogP contribution in [0.4, 0.5) is 0 Å². The Kier molecular flexibility index (Phi) is 4.03. The number of H-pyrrole nitrogens is 1. The summed E-state index contributed by atoms with van der Waals surface area (Å²) in [5.41, 5.74) is 5.86. The molecule has 0 radical (unpaired) electrons. The molecule has 0 saturated carbocycles. The van der Waals surface area contributed by atoms with Crippen LogP contribution in [0.5, 0.6) is 5.75 Å². The van der Waals surface area contributed by atoms with E-state index in [0.29, 0.717) is 0 Å². The van der Waals surface area contributed by atoms with Gasteiger partial charge in [-0.05, 0) is 50.9 Å². The van der Waals surface area contributed by atoms with E-state index in [4.69, 9.17) is 4.74 Å². The zero-order valence-corrected chi connectivity index (χ0v) is 17.2. The Bertz CT molecular complexity index is 1570. The monoisotopic (exact) mass is 399 g/mol. The van der Waals surface area contributed by atoms with Crippen LogP contribution in [0.15, 0.2) is 103 Å². The Morgan fingerprint density at radius 3 is 2.19 bits per heavy atom. The van der Waals surface area contributed by atoms with Crippen LogP contribution < -0.4 is 4.74 Å². The van der Waals surface area contributed by atoms with Gasteiger partial charge in [0, 0.05) is 28.2 Å². The van der Waals surface area contributed by atoms with Gasteiger partial charge in [-0.3, -0.25) is 0 Å². The van der Waals surface area contributed by atoms with Gasteiger partial charge < -0.3 is 9.72 Å². The van der Waals surface area contributed by atoms with Crippen molar-refractivity contribution in [3.05, 3.63) is 103 Å². The highest BCUT2D eigenvalue weighted by Gasteiger charge is 2.16. The minimum absolute atomic E-state index is 0.884. The van der Waals surface area contributed by atoms with E-state index in [9.17, 15) is 0 Å². The number of hydrogen-bond acceptors (Lipinski definition) is 1. The molecule has 0 aliphatic rings. The third-order valence-electron chi connectivity index (χ3n) is 6.16. The first-order valence-electron chi connectivity index (χ1n) is 10.5. The van der Waals surface area contributed by atoms with Crippen molar-refractivity contribution in [3.63, 3.8) is 0 Å². The van der Waals surface area contributed by atoms with Gasteiger partial charge in [-0.15, -0.1) is 0 Å². The second-order valence-electron chi connectivity index (χ2n) is 7.85. The first-order chi connectivity index (χ1) is 15.3. The van der Waals surface area contributed by atoms with Gasteiger partial charge in [0.2, 0.25) is 0 Å². The zero-order valence-electron chi connectivity index (χ0n) is 17.2. The number of nitrogens with one attached hydrogen (secondary N) is 1. The van der Waals surface area contributed by atoms with E-state index in [0.717, 1.165) is 22.4 Å². The van der Waals surface area contributed by atoms with Crippen molar-refractivity contribution in [1.29, 1.82) is 0 Å². The lowest BCUT2D eigenvalue weighted by atomic mass is 9.94. The summed E-state index contributed by atoms with van der Waals surface area (Å²) in [4.78, 5) is 3.46. The molecule has 0 aliphatic heterocycles. The molecule has 1 heterocycles. The number of hydrogen-bond donors (Lipinski definition) is 1. The van der Waals surface area contributed by atoms with Gasteiger partial charge in [0.15, 0.2) is 0 Å². The van der Waals surface area contributed by atoms with Gasteiger partial charge in [-0.2, -0.15) is 0 Å². The lowest BCUT2D eigenvalue weighted by molar-refractivity contribution is 0.417. The topological polar surface area (TPSA) is 25.0 Å². The lowest BCUT2D eigenvalue weighted by Gasteiger charge is -2.12. The minimum Gasteiger partial charge on any atom is -0.496 e. The fourth-order valence-electron chi connectivity index (χ4n) is 4.67. The molecule has 0 bridgehead atoms.